The fourth-order valence-electron chi connectivity index (χ4n) is 2.36. The number of anilines is 1. The number of hydrogen-bond donors (Lipinski definition) is 2. The monoisotopic (exact) mass is 280 g/mol. The number of nitrogens with two attached hydrogens (primary N) is 1. The van der Waals surface area contributed by atoms with Gasteiger partial charge < -0.3 is 11.1 Å². The molecule has 0 aromatic heterocycles. The molecule has 0 radical (unpaired) electrons. The third-order valence-corrected chi connectivity index (χ3v) is 3.12. The molecule has 1 amide bonds. The normalized spacial score (nSPS) is 11.4. The van der Waals surface area contributed by atoms with Crippen molar-refractivity contribution in [3.8, 4) is 0 Å². The van der Waals surface area contributed by atoms with Gasteiger partial charge in [-0.1, -0.05) is 27.7 Å². The van der Waals surface area contributed by atoms with Gasteiger partial charge >= 0.3 is 0 Å². The van der Waals surface area contributed by atoms with E-state index in [4.69, 9.17) is 5.73 Å². The quantitative estimate of drug-likeness (QED) is 0.798. The molecule has 0 heterocycles. The Bertz CT molecular complexity index is 448. The number of carbonyl (C=O) groups is 1. The molecule has 0 saturated heterocycles. The Kier molecular flexibility index (Phi) is 5.99. The van der Waals surface area contributed by atoms with Crippen LogP contribution in [0.5, 0.6) is 0 Å². The van der Waals surface area contributed by atoms with Crippen molar-refractivity contribution in [2.24, 2.45) is 17.6 Å². The highest BCUT2D eigenvalue weighted by molar-refractivity contribution is 5.93. The van der Waals surface area contributed by atoms with Crippen molar-refractivity contribution in [1.82, 2.24) is 0 Å². The summed E-state index contributed by atoms with van der Waals surface area (Å²) in [6.07, 6.45) is 1.91. The molecule has 0 aliphatic heterocycles. The van der Waals surface area contributed by atoms with E-state index in [1.165, 1.54) is 18.2 Å². The van der Waals surface area contributed by atoms with Crippen molar-refractivity contribution in [3.05, 3.63) is 29.6 Å². The highest BCUT2D eigenvalue weighted by atomic mass is 19.1. The molecular weight excluding hydrogens is 255 g/mol. The summed E-state index contributed by atoms with van der Waals surface area (Å²) in [7, 11) is 0. The van der Waals surface area contributed by atoms with E-state index in [-0.39, 0.29) is 11.9 Å². The van der Waals surface area contributed by atoms with Gasteiger partial charge in [0.1, 0.15) is 5.82 Å². The van der Waals surface area contributed by atoms with Crippen molar-refractivity contribution < 1.29 is 9.18 Å². The molecule has 0 bridgehead atoms. The van der Waals surface area contributed by atoms with Crippen LogP contribution in [0, 0.1) is 17.7 Å². The molecule has 1 rings (SSSR count). The van der Waals surface area contributed by atoms with Gasteiger partial charge in [0.15, 0.2) is 0 Å². The van der Waals surface area contributed by atoms with Crippen molar-refractivity contribution in [2.75, 3.05) is 5.32 Å². The summed E-state index contributed by atoms with van der Waals surface area (Å²) in [6.45, 7) is 8.58. The lowest BCUT2D eigenvalue weighted by Crippen LogP contribution is -2.24. The first-order valence-electron chi connectivity index (χ1n) is 7.15. The van der Waals surface area contributed by atoms with Gasteiger partial charge in [-0.25, -0.2) is 4.39 Å². The SMILES string of the molecule is CC(C)CC(CC(C)C)Nc1cc(C(N)=O)ccc1F. The van der Waals surface area contributed by atoms with Gasteiger partial charge in [-0.3, -0.25) is 4.79 Å². The van der Waals surface area contributed by atoms with E-state index in [1.54, 1.807) is 0 Å². The van der Waals surface area contributed by atoms with E-state index in [0.717, 1.165) is 12.8 Å². The molecule has 0 aliphatic carbocycles. The van der Waals surface area contributed by atoms with Crippen LogP contribution in [0.25, 0.3) is 0 Å². The van der Waals surface area contributed by atoms with E-state index in [9.17, 15) is 9.18 Å². The smallest absolute Gasteiger partial charge is 0.248 e. The molecule has 1 aromatic carbocycles. The van der Waals surface area contributed by atoms with Crippen LogP contribution in [0.3, 0.4) is 0 Å². The summed E-state index contributed by atoms with van der Waals surface area (Å²) in [5.74, 6) is 0.145. The Labute approximate surface area is 120 Å². The Morgan fingerprint density at radius 1 is 1.20 bits per heavy atom. The van der Waals surface area contributed by atoms with Gasteiger partial charge in [0.2, 0.25) is 5.91 Å². The van der Waals surface area contributed by atoms with Gasteiger partial charge in [0, 0.05) is 11.6 Å². The molecule has 112 valence electrons. The van der Waals surface area contributed by atoms with Gasteiger partial charge in [0.25, 0.3) is 0 Å². The van der Waals surface area contributed by atoms with Crippen LogP contribution in [0.2, 0.25) is 0 Å². The lowest BCUT2D eigenvalue weighted by atomic mass is 9.95. The van der Waals surface area contributed by atoms with Crippen molar-refractivity contribution in [3.63, 3.8) is 0 Å². The number of halogens is 1. The number of amides is 1. The predicted octanol–water partition coefficient (Wildman–Crippen LogP) is 3.80. The van der Waals surface area contributed by atoms with Crippen LogP contribution in [-0.4, -0.2) is 11.9 Å². The minimum absolute atomic E-state index is 0.188. The highest BCUT2D eigenvalue weighted by Gasteiger charge is 2.15. The number of hydrogen-bond acceptors (Lipinski definition) is 2. The van der Waals surface area contributed by atoms with E-state index < -0.39 is 5.91 Å². The molecule has 0 aliphatic rings. The predicted molar refractivity (Wildman–Crippen MR) is 81.2 cm³/mol. The largest absolute Gasteiger partial charge is 0.380 e. The van der Waals surface area contributed by atoms with E-state index in [0.29, 0.717) is 23.1 Å². The number of benzene rings is 1. The third-order valence-electron chi connectivity index (χ3n) is 3.12. The Morgan fingerprint density at radius 3 is 2.20 bits per heavy atom. The van der Waals surface area contributed by atoms with Gasteiger partial charge in [-0.15, -0.1) is 0 Å². The van der Waals surface area contributed by atoms with Crippen LogP contribution >= 0.6 is 0 Å². The summed E-state index contributed by atoms with van der Waals surface area (Å²) in [4.78, 5) is 11.2. The second kappa shape index (κ2) is 7.27. The molecule has 0 spiro atoms. The molecular formula is C16H25FN2O. The van der Waals surface area contributed by atoms with Crippen LogP contribution in [0.15, 0.2) is 18.2 Å². The van der Waals surface area contributed by atoms with E-state index in [1.807, 2.05) is 0 Å². The maximum Gasteiger partial charge on any atom is 0.248 e. The number of rotatable bonds is 7. The molecule has 3 N–H and O–H groups in total. The molecule has 0 fully saturated rings. The zero-order chi connectivity index (χ0) is 15.3. The maximum atomic E-state index is 13.9. The maximum absolute atomic E-state index is 13.9. The number of primary amides is 1. The number of nitrogens with one attached hydrogen (secondary N) is 1. The Balaban J connectivity index is 2.91. The standard InChI is InChI=1S/C16H25FN2O/c1-10(2)7-13(8-11(3)4)19-15-9-12(16(18)20)5-6-14(15)17/h5-6,9-11,13,19H,7-8H2,1-4H3,(H2,18,20). The first kappa shape index (κ1) is 16.5. The van der Waals surface area contributed by atoms with Gasteiger partial charge in [0.05, 0.1) is 5.69 Å². The number of carbonyl (C=O) groups excluding carboxylic acids is 1. The van der Waals surface area contributed by atoms with Crippen LogP contribution < -0.4 is 11.1 Å². The summed E-state index contributed by atoms with van der Waals surface area (Å²) >= 11 is 0. The van der Waals surface area contributed by atoms with Crippen molar-refractivity contribution in [1.29, 1.82) is 0 Å². The van der Waals surface area contributed by atoms with Crippen LogP contribution in [0.4, 0.5) is 10.1 Å². The van der Waals surface area contributed by atoms with Gasteiger partial charge in [-0.2, -0.15) is 0 Å². The third kappa shape index (κ3) is 5.19. The minimum Gasteiger partial charge on any atom is -0.380 e. The molecule has 0 atom stereocenters. The fraction of sp³-hybridized carbons (Fsp3) is 0.562. The average Bonchev–Trinajstić information content (AvgIpc) is 2.29. The molecule has 3 nitrogen and oxygen atoms in total. The average molecular weight is 280 g/mol. The topological polar surface area (TPSA) is 55.1 Å². The lowest BCUT2D eigenvalue weighted by Gasteiger charge is -2.24. The van der Waals surface area contributed by atoms with Crippen LogP contribution in [0.1, 0.15) is 50.9 Å². The van der Waals surface area contributed by atoms with Crippen LogP contribution in [-0.2, 0) is 0 Å². The first-order chi connectivity index (χ1) is 9.29. The van der Waals surface area contributed by atoms with E-state index in [2.05, 4.69) is 33.0 Å². The highest BCUT2D eigenvalue weighted by Crippen LogP contribution is 2.22. The first-order valence-corrected chi connectivity index (χ1v) is 7.15. The van der Waals surface area contributed by atoms with Crippen molar-refractivity contribution in [2.45, 2.75) is 46.6 Å². The minimum atomic E-state index is -0.544. The molecule has 0 unspecified atom stereocenters. The second-order valence-electron chi connectivity index (χ2n) is 6.16. The Morgan fingerprint density at radius 2 is 1.75 bits per heavy atom. The Hall–Kier alpha value is -1.58. The zero-order valence-electron chi connectivity index (χ0n) is 12.7. The lowest BCUT2D eigenvalue weighted by molar-refractivity contribution is 0.100. The summed E-state index contributed by atoms with van der Waals surface area (Å²) in [5.41, 5.74) is 5.91. The summed E-state index contributed by atoms with van der Waals surface area (Å²) < 4.78 is 13.9. The summed E-state index contributed by atoms with van der Waals surface area (Å²) in [5, 5.41) is 3.22. The zero-order valence-corrected chi connectivity index (χ0v) is 12.7. The van der Waals surface area contributed by atoms with Gasteiger partial charge in [-0.05, 0) is 42.9 Å². The molecule has 1 aromatic rings. The van der Waals surface area contributed by atoms with E-state index >= 15 is 0 Å². The molecule has 20 heavy (non-hydrogen) atoms. The molecule has 4 heteroatoms. The second-order valence-corrected chi connectivity index (χ2v) is 6.16. The molecule has 0 saturated carbocycles. The van der Waals surface area contributed by atoms with Crippen molar-refractivity contribution >= 4 is 11.6 Å². The summed E-state index contributed by atoms with van der Waals surface area (Å²) in [6, 6.07) is 4.37. The fourth-order valence-corrected chi connectivity index (χ4v) is 2.36.